The summed E-state index contributed by atoms with van der Waals surface area (Å²) in [5.41, 5.74) is 1.25. The van der Waals surface area contributed by atoms with Gasteiger partial charge in [-0.15, -0.1) is 0 Å². The first-order valence-electron chi connectivity index (χ1n) is 13.7. The number of methoxy groups -OCH3 is 1. The van der Waals surface area contributed by atoms with E-state index in [9.17, 15) is 22.8 Å². The Morgan fingerprint density at radius 1 is 1.18 bits per heavy atom. The van der Waals surface area contributed by atoms with Gasteiger partial charge >= 0.3 is 6.18 Å². The number of ether oxygens (including phenoxy) is 1. The molecule has 1 aliphatic heterocycles. The molecule has 0 saturated carbocycles. The molecule has 0 spiro atoms. The number of carbonyl (C=O) groups excluding carboxylic acids is 1. The summed E-state index contributed by atoms with van der Waals surface area (Å²) in [6, 6.07) is 9.50. The van der Waals surface area contributed by atoms with Gasteiger partial charge in [-0.05, 0) is 78.6 Å². The number of aryl methyl sites for hydroxylation is 1. The van der Waals surface area contributed by atoms with Crippen LogP contribution in [0.3, 0.4) is 0 Å². The fraction of sp³-hybridized carbons (Fsp3) is 0.533. The van der Waals surface area contributed by atoms with Gasteiger partial charge in [0, 0.05) is 34.9 Å². The molecular weight excluding hydrogens is 521 g/mol. The number of aromatic nitrogens is 2. The van der Waals surface area contributed by atoms with Crippen molar-refractivity contribution in [3.8, 4) is 5.75 Å². The summed E-state index contributed by atoms with van der Waals surface area (Å²) in [5, 5.41) is 3.72. The van der Waals surface area contributed by atoms with Crippen LogP contribution >= 0.6 is 0 Å². The fourth-order valence-electron chi connectivity index (χ4n) is 5.95. The Hall–Kier alpha value is -3.27. The number of likely N-dealkylation sites (tertiary alicyclic amines) is 1. The Morgan fingerprint density at radius 3 is 2.45 bits per heavy atom. The van der Waals surface area contributed by atoms with Gasteiger partial charge in [0.25, 0.3) is 11.5 Å². The molecule has 0 aliphatic carbocycles. The molecule has 4 rings (SSSR count). The number of H-pyrrole nitrogens is 1. The van der Waals surface area contributed by atoms with Crippen LogP contribution < -0.4 is 15.6 Å². The van der Waals surface area contributed by atoms with E-state index >= 15 is 0 Å². The average Bonchev–Trinajstić information content (AvgIpc) is 3.18. The number of hydrogen-bond donors (Lipinski definition) is 2. The molecule has 0 bridgehead atoms. The number of nitrogens with one attached hydrogen (secondary N) is 2. The van der Waals surface area contributed by atoms with Crippen LogP contribution in [0.4, 0.5) is 13.2 Å². The summed E-state index contributed by atoms with van der Waals surface area (Å²) < 4.78 is 47.8. The second-order valence-corrected chi connectivity index (χ2v) is 11.6. The molecule has 3 heterocycles. The molecule has 10 heteroatoms. The number of benzene rings is 1. The first-order valence-corrected chi connectivity index (χ1v) is 13.7. The molecule has 1 aromatic carbocycles. The fourth-order valence-corrected chi connectivity index (χ4v) is 5.95. The molecule has 3 aromatic rings. The van der Waals surface area contributed by atoms with Crippen LogP contribution in [0.5, 0.6) is 5.75 Å². The van der Waals surface area contributed by atoms with Crippen molar-refractivity contribution in [2.24, 2.45) is 11.3 Å². The van der Waals surface area contributed by atoms with E-state index in [4.69, 9.17) is 4.74 Å². The highest BCUT2D eigenvalue weighted by atomic mass is 19.4. The minimum Gasteiger partial charge on any atom is -0.496 e. The molecule has 1 unspecified atom stereocenters. The van der Waals surface area contributed by atoms with Crippen LogP contribution in [-0.2, 0) is 6.54 Å². The van der Waals surface area contributed by atoms with E-state index in [2.05, 4.69) is 21.8 Å². The van der Waals surface area contributed by atoms with Gasteiger partial charge in [-0.2, -0.15) is 13.2 Å². The number of piperidine rings is 1. The van der Waals surface area contributed by atoms with Crippen LogP contribution in [-0.4, -0.2) is 53.3 Å². The lowest BCUT2D eigenvalue weighted by Crippen LogP contribution is -2.46. The molecule has 218 valence electrons. The van der Waals surface area contributed by atoms with Crippen LogP contribution in [0.1, 0.15) is 67.0 Å². The zero-order valence-corrected chi connectivity index (χ0v) is 24.0. The number of rotatable bonds is 8. The van der Waals surface area contributed by atoms with Crippen molar-refractivity contribution in [2.45, 2.75) is 66.2 Å². The molecule has 1 amide bonds. The zero-order chi connectivity index (χ0) is 29.4. The largest absolute Gasteiger partial charge is 0.496 e. The van der Waals surface area contributed by atoms with E-state index < -0.39 is 11.6 Å². The minimum atomic E-state index is -4.24. The number of pyridine rings is 1. The van der Waals surface area contributed by atoms with Crippen molar-refractivity contribution in [3.63, 3.8) is 0 Å². The Balaban J connectivity index is 1.54. The maximum atomic E-state index is 13.5. The summed E-state index contributed by atoms with van der Waals surface area (Å²) >= 11 is 0. The third-order valence-electron chi connectivity index (χ3n) is 8.37. The SMILES string of the molecule is COc1cc(C)[nH]c(=O)c1CNC(=O)c1c(C)n(C(C)C2CCN(CC(C)(C)C(F)(F)F)CC2)c2ccccc12. The van der Waals surface area contributed by atoms with Gasteiger partial charge in [-0.1, -0.05) is 18.2 Å². The van der Waals surface area contributed by atoms with Crippen molar-refractivity contribution in [1.29, 1.82) is 0 Å². The summed E-state index contributed by atoms with van der Waals surface area (Å²) in [4.78, 5) is 30.7. The quantitative estimate of drug-likeness (QED) is 0.368. The van der Waals surface area contributed by atoms with Crippen molar-refractivity contribution in [1.82, 2.24) is 19.8 Å². The number of halogens is 3. The number of amides is 1. The van der Waals surface area contributed by atoms with Crippen molar-refractivity contribution >= 4 is 16.8 Å². The topological polar surface area (TPSA) is 79.4 Å². The van der Waals surface area contributed by atoms with Crippen molar-refractivity contribution < 1.29 is 22.7 Å². The van der Waals surface area contributed by atoms with Gasteiger partial charge in [-0.3, -0.25) is 9.59 Å². The lowest BCUT2D eigenvalue weighted by atomic mass is 9.87. The highest BCUT2D eigenvalue weighted by Gasteiger charge is 2.48. The van der Waals surface area contributed by atoms with Crippen LogP contribution in [0.25, 0.3) is 10.9 Å². The molecule has 1 saturated heterocycles. The standard InChI is InChI=1S/C30H39F3N4O3/c1-18-15-25(40-6)23(27(38)35-18)16-34-28(39)26-20(3)37(24-10-8-7-9-22(24)26)19(2)21-11-13-36(14-12-21)17-29(4,5)30(31,32)33/h7-10,15,19,21H,11-14,16-17H2,1-6H3,(H,34,39)(H,35,38). The number of nitrogens with zero attached hydrogens (tertiary/aromatic N) is 2. The number of hydrogen-bond acceptors (Lipinski definition) is 4. The van der Waals surface area contributed by atoms with Crippen LogP contribution in [0.2, 0.25) is 0 Å². The van der Waals surface area contributed by atoms with Crippen molar-refractivity contribution in [2.75, 3.05) is 26.7 Å². The van der Waals surface area contributed by atoms with E-state index in [1.165, 1.54) is 21.0 Å². The van der Waals surface area contributed by atoms with Gasteiger partial charge in [0.05, 0.1) is 30.2 Å². The van der Waals surface area contributed by atoms with E-state index in [1.54, 1.807) is 13.0 Å². The van der Waals surface area contributed by atoms with Gasteiger partial charge in [-0.25, -0.2) is 0 Å². The highest BCUT2D eigenvalue weighted by molar-refractivity contribution is 6.08. The predicted molar refractivity (Wildman–Crippen MR) is 150 cm³/mol. The maximum absolute atomic E-state index is 13.5. The summed E-state index contributed by atoms with van der Waals surface area (Å²) in [6.07, 6.45) is -2.69. The Kier molecular flexibility index (Phi) is 8.40. The molecule has 1 aliphatic rings. The molecule has 7 nitrogen and oxygen atoms in total. The Morgan fingerprint density at radius 2 is 1.82 bits per heavy atom. The summed E-state index contributed by atoms with van der Waals surface area (Å²) in [5.74, 6) is 0.385. The monoisotopic (exact) mass is 560 g/mol. The Bertz CT molecular complexity index is 1430. The summed E-state index contributed by atoms with van der Waals surface area (Å²) in [6.45, 7) is 9.53. The van der Waals surface area contributed by atoms with Crippen LogP contribution in [0.15, 0.2) is 35.1 Å². The predicted octanol–water partition coefficient (Wildman–Crippen LogP) is 5.75. The highest BCUT2D eigenvalue weighted by Crippen LogP contribution is 2.40. The molecule has 2 N–H and O–H groups in total. The number of alkyl halides is 3. The maximum Gasteiger partial charge on any atom is 0.395 e. The average molecular weight is 561 g/mol. The lowest BCUT2D eigenvalue weighted by Gasteiger charge is -2.40. The number of para-hydroxylation sites is 1. The first kappa shape index (κ1) is 29.7. The number of carbonyl (C=O) groups is 1. The van der Waals surface area contributed by atoms with Gasteiger partial charge in [0.2, 0.25) is 0 Å². The first-order chi connectivity index (χ1) is 18.7. The lowest BCUT2D eigenvalue weighted by molar-refractivity contribution is -0.217. The molecule has 2 aromatic heterocycles. The third kappa shape index (κ3) is 5.77. The second kappa shape index (κ2) is 11.3. The molecular formula is C30H39F3N4O3. The van der Waals surface area contributed by atoms with E-state index in [-0.39, 0.29) is 36.5 Å². The Labute approximate surface area is 232 Å². The third-order valence-corrected chi connectivity index (χ3v) is 8.37. The van der Waals surface area contributed by atoms with E-state index in [1.807, 2.05) is 36.1 Å². The van der Waals surface area contributed by atoms with Gasteiger partial charge < -0.3 is 24.5 Å². The van der Waals surface area contributed by atoms with Crippen LogP contribution in [0, 0.1) is 25.2 Å². The zero-order valence-electron chi connectivity index (χ0n) is 24.0. The minimum absolute atomic E-state index is 0.0119. The normalized spacial score (nSPS) is 16.3. The molecule has 1 fully saturated rings. The van der Waals surface area contributed by atoms with Crippen molar-refractivity contribution in [3.05, 3.63) is 63.2 Å². The molecule has 0 radical (unpaired) electrons. The smallest absolute Gasteiger partial charge is 0.395 e. The van der Waals surface area contributed by atoms with E-state index in [0.717, 1.165) is 29.4 Å². The van der Waals surface area contributed by atoms with Gasteiger partial charge in [0.15, 0.2) is 0 Å². The molecule has 1 atom stereocenters. The number of aromatic amines is 1. The number of fused-ring (bicyclic) bond motifs is 1. The van der Waals surface area contributed by atoms with Gasteiger partial charge in [0.1, 0.15) is 5.75 Å². The second-order valence-electron chi connectivity index (χ2n) is 11.6. The van der Waals surface area contributed by atoms with E-state index in [0.29, 0.717) is 35.7 Å². The summed E-state index contributed by atoms with van der Waals surface area (Å²) in [7, 11) is 1.49. The molecule has 40 heavy (non-hydrogen) atoms.